The molecule has 1 heterocycles. The van der Waals surface area contributed by atoms with Crippen LogP contribution in [0.2, 0.25) is 0 Å². The van der Waals surface area contributed by atoms with Gasteiger partial charge >= 0.3 is 6.09 Å². The lowest BCUT2D eigenvalue weighted by Gasteiger charge is -2.25. The molecule has 2 unspecified atom stereocenters. The second-order valence-electron chi connectivity index (χ2n) is 6.30. The van der Waals surface area contributed by atoms with Gasteiger partial charge in [-0.15, -0.1) is 0 Å². The van der Waals surface area contributed by atoms with E-state index in [1.165, 1.54) is 0 Å². The zero-order valence-electron chi connectivity index (χ0n) is 10.9. The summed E-state index contributed by atoms with van der Waals surface area (Å²) in [5, 5.41) is 0. The zero-order valence-corrected chi connectivity index (χ0v) is 10.9. The Balaban J connectivity index is 2.03. The molecule has 0 N–H and O–H groups in total. The maximum atomic E-state index is 11.9. The molecule has 4 heteroatoms. The average molecular weight is 239 g/mol. The van der Waals surface area contributed by atoms with Crippen molar-refractivity contribution in [1.82, 2.24) is 4.90 Å². The number of amides is 1. The molecule has 2 fully saturated rings. The Morgan fingerprint density at radius 1 is 1.47 bits per heavy atom. The lowest BCUT2D eigenvalue weighted by atomic mass is 9.82. The van der Waals surface area contributed by atoms with Crippen molar-refractivity contribution in [2.24, 2.45) is 11.3 Å². The molecule has 1 aliphatic carbocycles. The SMILES string of the molecule is CC(C)(C)OC(=O)N1CC2CCCC2(C=O)C1. The van der Waals surface area contributed by atoms with Crippen LogP contribution in [0.4, 0.5) is 4.79 Å². The molecule has 2 rings (SSSR count). The number of ether oxygens (including phenoxy) is 1. The molecule has 1 amide bonds. The number of carbonyl (C=O) groups excluding carboxylic acids is 2. The van der Waals surface area contributed by atoms with E-state index in [1.54, 1.807) is 4.90 Å². The summed E-state index contributed by atoms with van der Waals surface area (Å²) in [6, 6.07) is 0. The van der Waals surface area contributed by atoms with Crippen LogP contribution in [0.25, 0.3) is 0 Å². The molecule has 0 aromatic heterocycles. The van der Waals surface area contributed by atoms with Crippen molar-refractivity contribution in [2.75, 3.05) is 13.1 Å². The number of carbonyl (C=O) groups is 2. The lowest BCUT2D eigenvalue weighted by molar-refractivity contribution is -0.116. The first kappa shape index (κ1) is 12.4. The minimum atomic E-state index is -0.469. The van der Waals surface area contributed by atoms with Crippen molar-refractivity contribution in [3.05, 3.63) is 0 Å². The van der Waals surface area contributed by atoms with Gasteiger partial charge in [-0.25, -0.2) is 4.79 Å². The first-order valence-corrected chi connectivity index (χ1v) is 6.31. The summed E-state index contributed by atoms with van der Waals surface area (Å²) in [6.07, 6.45) is 3.85. The van der Waals surface area contributed by atoms with Crippen LogP contribution in [-0.2, 0) is 9.53 Å². The third-order valence-electron chi connectivity index (χ3n) is 3.82. The fourth-order valence-corrected chi connectivity index (χ4v) is 2.99. The number of hydrogen-bond donors (Lipinski definition) is 0. The van der Waals surface area contributed by atoms with Crippen LogP contribution < -0.4 is 0 Å². The first-order chi connectivity index (χ1) is 7.86. The number of aldehydes is 1. The van der Waals surface area contributed by atoms with Gasteiger partial charge in [-0.1, -0.05) is 6.42 Å². The molecule has 96 valence electrons. The average Bonchev–Trinajstić information content (AvgIpc) is 2.70. The Hall–Kier alpha value is -1.06. The van der Waals surface area contributed by atoms with Crippen LogP contribution in [0.15, 0.2) is 0 Å². The van der Waals surface area contributed by atoms with Crippen LogP contribution in [0.1, 0.15) is 40.0 Å². The summed E-state index contributed by atoms with van der Waals surface area (Å²) >= 11 is 0. The van der Waals surface area contributed by atoms with Gasteiger partial charge in [-0.3, -0.25) is 0 Å². The second-order valence-corrected chi connectivity index (χ2v) is 6.30. The van der Waals surface area contributed by atoms with Crippen molar-refractivity contribution >= 4 is 12.4 Å². The van der Waals surface area contributed by atoms with Gasteiger partial charge in [-0.05, 0) is 39.5 Å². The van der Waals surface area contributed by atoms with E-state index in [4.69, 9.17) is 4.74 Å². The van der Waals surface area contributed by atoms with Gasteiger partial charge in [0.1, 0.15) is 11.9 Å². The van der Waals surface area contributed by atoms with Crippen molar-refractivity contribution < 1.29 is 14.3 Å². The lowest BCUT2D eigenvalue weighted by Crippen LogP contribution is -2.37. The van der Waals surface area contributed by atoms with Gasteiger partial charge in [0.25, 0.3) is 0 Å². The maximum absolute atomic E-state index is 11.9. The zero-order chi connectivity index (χ0) is 12.7. The minimum Gasteiger partial charge on any atom is -0.444 e. The highest BCUT2D eigenvalue weighted by Gasteiger charge is 2.51. The van der Waals surface area contributed by atoms with Crippen LogP contribution in [0.5, 0.6) is 0 Å². The second kappa shape index (κ2) is 4.00. The topological polar surface area (TPSA) is 46.6 Å². The minimum absolute atomic E-state index is 0.281. The molecule has 1 saturated heterocycles. The third kappa shape index (κ3) is 2.31. The van der Waals surface area contributed by atoms with Crippen molar-refractivity contribution in [2.45, 2.75) is 45.6 Å². The molecule has 1 aliphatic heterocycles. The number of nitrogens with zero attached hydrogens (tertiary/aromatic N) is 1. The standard InChI is InChI=1S/C13H21NO3/c1-12(2,3)17-11(16)14-7-10-5-4-6-13(10,8-14)9-15/h9-10H,4-8H2,1-3H3. The highest BCUT2D eigenvalue weighted by Crippen LogP contribution is 2.47. The van der Waals surface area contributed by atoms with E-state index < -0.39 is 5.60 Å². The molecule has 4 nitrogen and oxygen atoms in total. The summed E-state index contributed by atoms with van der Waals surface area (Å²) in [5.41, 5.74) is -0.750. The smallest absolute Gasteiger partial charge is 0.410 e. The highest BCUT2D eigenvalue weighted by molar-refractivity contribution is 5.71. The van der Waals surface area contributed by atoms with Crippen LogP contribution in [-0.4, -0.2) is 36.0 Å². The Morgan fingerprint density at radius 2 is 2.18 bits per heavy atom. The summed E-state index contributed by atoms with van der Waals surface area (Å²) in [6.45, 7) is 6.79. The maximum Gasteiger partial charge on any atom is 0.410 e. The summed E-state index contributed by atoms with van der Waals surface area (Å²) in [7, 11) is 0. The number of likely N-dealkylation sites (tertiary alicyclic amines) is 1. The van der Waals surface area contributed by atoms with E-state index in [2.05, 4.69) is 0 Å². The normalized spacial score (nSPS) is 32.4. The van der Waals surface area contributed by atoms with E-state index in [0.717, 1.165) is 25.5 Å². The third-order valence-corrected chi connectivity index (χ3v) is 3.82. The van der Waals surface area contributed by atoms with Gasteiger partial charge in [0.05, 0.1) is 0 Å². The number of hydrogen-bond acceptors (Lipinski definition) is 3. The van der Waals surface area contributed by atoms with Gasteiger partial charge < -0.3 is 14.4 Å². The molecule has 0 radical (unpaired) electrons. The fraction of sp³-hybridized carbons (Fsp3) is 0.846. The van der Waals surface area contributed by atoms with Crippen molar-refractivity contribution in [3.8, 4) is 0 Å². The number of rotatable bonds is 1. The Labute approximate surface area is 102 Å². The highest BCUT2D eigenvalue weighted by atomic mass is 16.6. The molecule has 2 atom stereocenters. The molecule has 0 bridgehead atoms. The van der Waals surface area contributed by atoms with E-state index in [-0.39, 0.29) is 11.5 Å². The molecular weight excluding hydrogens is 218 g/mol. The molecule has 17 heavy (non-hydrogen) atoms. The predicted molar refractivity (Wildman–Crippen MR) is 63.6 cm³/mol. The summed E-state index contributed by atoms with van der Waals surface area (Å²) in [5.74, 6) is 0.340. The quantitative estimate of drug-likeness (QED) is 0.659. The van der Waals surface area contributed by atoms with E-state index in [1.807, 2.05) is 20.8 Å². The van der Waals surface area contributed by atoms with Crippen LogP contribution in [0, 0.1) is 11.3 Å². The number of fused-ring (bicyclic) bond motifs is 1. The van der Waals surface area contributed by atoms with E-state index in [9.17, 15) is 9.59 Å². The molecule has 0 aromatic carbocycles. The Morgan fingerprint density at radius 3 is 2.71 bits per heavy atom. The molecule has 1 saturated carbocycles. The van der Waals surface area contributed by atoms with Gasteiger partial charge in [-0.2, -0.15) is 0 Å². The fourth-order valence-electron chi connectivity index (χ4n) is 2.99. The first-order valence-electron chi connectivity index (χ1n) is 6.31. The Bertz CT molecular complexity index is 334. The molecule has 0 spiro atoms. The molecule has 0 aromatic rings. The largest absolute Gasteiger partial charge is 0.444 e. The van der Waals surface area contributed by atoms with E-state index >= 15 is 0 Å². The summed E-state index contributed by atoms with van der Waals surface area (Å²) < 4.78 is 5.35. The van der Waals surface area contributed by atoms with E-state index in [0.29, 0.717) is 19.0 Å². The van der Waals surface area contributed by atoms with Gasteiger partial charge in [0.2, 0.25) is 0 Å². The molecular formula is C13H21NO3. The molecule has 2 aliphatic rings. The summed E-state index contributed by atoms with van der Waals surface area (Å²) in [4.78, 5) is 24.9. The van der Waals surface area contributed by atoms with Gasteiger partial charge in [0, 0.05) is 18.5 Å². The van der Waals surface area contributed by atoms with Crippen LogP contribution in [0.3, 0.4) is 0 Å². The van der Waals surface area contributed by atoms with Crippen molar-refractivity contribution in [3.63, 3.8) is 0 Å². The monoisotopic (exact) mass is 239 g/mol. The predicted octanol–water partition coefficient (Wildman–Crippen LogP) is 2.22. The van der Waals surface area contributed by atoms with Crippen molar-refractivity contribution in [1.29, 1.82) is 0 Å². The van der Waals surface area contributed by atoms with Crippen LogP contribution >= 0.6 is 0 Å². The Kier molecular flexibility index (Phi) is 2.92. The van der Waals surface area contributed by atoms with Gasteiger partial charge in [0.15, 0.2) is 0 Å².